The fourth-order valence-corrected chi connectivity index (χ4v) is 6.43. The highest BCUT2D eigenvalue weighted by molar-refractivity contribution is 5.83. The minimum atomic E-state index is -4.38. The molecule has 2 aromatic rings. The first-order valence-electron chi connectivity index (χ1n) is 13.2. The van der Waals surface area contributed by atoms with Gasteiger partial charge in [0.05, 0.1) is 22.8 Å². The van der Waals surface area contributed by atoms with Gasteiger partial charge in [-0.2, -0.15) is 18.3 Å². The van der Waals surface area contributed by atoms with E-state index in [1.807, 2.05) is 21.8 Å². The molecule has 196 valence electrons. The molecule has 0 unspecified atom stereocenters. The fourth-order valence-electron chi connectivity index (χ4n) is 6.43. The smallest absolute Gasteiger partial charge is 0.341 e. The number of carbonyl (C=O) groups excluding carboxylic acids is 1. The second kappa shape index (κ2) is 9.19. The highest BCUT2D eigenvalue weighted by Gasteiger charge is 2.46. The third-order valence-corrected chi connectivity index (χ3v) is 8.51. The lowest BCUT2D eigenvalue weighted by Crippen LogP contribution is -2.44. The molecule has 5 nitrogen and oxygen atoms in total. The van der Waals surface area contributed by atoms with Gasteiger partial charge in [0.2, 0.25) is 5.91 Å². The summed E-state index contributed by atoms with van der Waals surface area (Å²) in [5.74, 6) is 0.0117. The van der Waals surface area contributed by atoms with Gasteiger partial charge in [-0.25, -0.2) is 0 Å². The first-order valence-corrected chi connectivity index (χ1v) is 13.2. The summed E-state index contributed by atoms with van der Waals surface area (Å²) in [5, 5.41) is 8.34. The van der Waals surface area contributed by atoms with E-state index >= 15 is 0 Å². The van der Waals surface area contributed by atoms with Crippen molar-refractivity contribution in [1.29, 1.82) is 0 Å². The summed E-state index contributed by atoms with van der Waals surface area (Å²) in [5.41, 5.74) is 1.04. The summed E-state index contributed by atoms with van der Waals surface area (Å²) in [7, 11) is 0. The normalized spacial score (nSPS) is 26.6. The minimum Gasteiger partial charge on any atom is -0.341 e. The van der Waals surface area contributed by atoms with Crippen LogP contribution in [-0.4, -0.2) is 39.7 Å². The van der Waals surface area contributed by atoms with Crippen LogP contribution in [0.4, 0.5) is 13.2 Å². The predicted octanol–water partition coefficient (Wildman–Crippen LogP) is 6.03. The molecular weight excluding hydrogens is 465 g/mol. The van der Waals surface area contributed by atoms with Crippen molar-refractivity contribution < 1.29 is 18.0 Å². The Hall–Kier alpha value is -2.35. The van der Waals surface area contributed by atoms with Crippen LogP contribution in [0.25, 0.3) is 0 Å². The molecule has 1 aliphatic carbocycles. The first kappa shape index (κ1) is 25.3. The van der Waals surface area contributed by atoms with Crippen molar-refractivity contribution in [2.24, 2.45) is 5.41 Å². The van der Waals surface area contributed by atoms with Gasteiger partial charge in [-0.3, -0.25) is 14.8 Å². The van der Waals surface area contributed by atoms with Crippen LogP contribution in [-0.2, 0) is 16.5 Å². The van der Waals surface area contributed by atoms with Crippen LogP contribution < -0.4 is 5.32 Å². The largest absolute Gasteiger partial charge is 0.416 e. The van der Waals surface area contributed by atoms with Gasteiger partial charge in [-0.1, -0.05) is 31.4 Å². The summed E-state index contributed by atoms with van der Waals surface area (Å²) in [4.78, 5) is 15.7. The number of amides is 1. The number of alkyl halides is 3. The Kier molecular flexibility index (Phi) is 6.46. The third-order valence-electron chi connectivity index (χ3n) is 8.51. The number of carbonyl (C=O) groups is 1. The number of benzene rings is 1. The van der Waals surface area contributed by atoms with Crippen molar-refractivity contribution in [2.75, 3.05) is 13.1 Å². The van der Waals surface area contributed by atoms with Gasteiger partial charge in [-0.15, -0.1) is 0 Å². The Balaban J connectivity index is 1.39. The van der Waals surface area contributed by atoms with E-state index in [0.29, 0.717) is 6.42 Å². The average Bonchev–Trinajstić information content (AvgIpc) is 3.57. The zero-order valence-electron chi connectivity index (χ0n) is 21.4. The summed E-state index contributed by atoms with van der Waals surface area (Å²) in [6.07, 6.45) is 5.42. The molecule has 3 heterocycles. The first-order chi connectivity index (χ1) is 17.0. The maximum absolute atomic E-state index is 13.7. The zero-order chi connectivity index (χ0) is 25.7. The Morgan fingerprint density at radius 2 is 1.72 bits per heavy atom. The number of likely N-dealkylation sites (tertiary alicyclic amines) is 1. The quantitative estimate of drug-likeness (QED) is 0.558. The van der Waals surface area contributed by atoms with Gasteiger partial charge < -0.3 is 4.90 Å². The molecule has 1 amide bonds. The van der Waals surface area contributed by atoms with E-state index in [1.165, 1.54) is 44.2 Å². The summed E-state index contributed by atoms with van der Waals surface area (Å²) in [6.45, 7) is 7.85. The summed E-state index contributed by atoms with van der Waals surface area (Å²) < 4.78 is 41.4. The van der Waals surface area contributed by atoms with Gasteiger partial charge in [0.25, 0.3) is 0 Å². The van der Waals surface area contributed by atoms with Gasteiger partial charge in [0, 0.05) is 31.2 Å². The van der Waals surface area contributed by atoms with Crippen molar-refractivity contribution in [3.05, 3.63) is 53.3 Å². The Morgan fingerprint density at radius 3 is 2.33 bits per heavy atom. The van der Waals surface area contributed by atoms with Gasteiger partial charge in [0.15, 0.2) is 0 Å². The standard InChI is InChI=1S/C28H37F3N4O/c1-26(2,3)35-15-11-22(33-35)21-17-23(25(36)34-16-14-27(18-34)12-5-4-6-13-27)32-24(21)19-7-9-20(10-8-19)28(29,30)31/h7-11,15,21,23-24,32H,4-6,12-14,16-18H2,1-3H3/t21-,23+,24+/m1/s1. The predicted molar refractivity (Wildman–Crippen MR) is 132 cm³/mol. The van der Waals surface area contributed by atoms with E-state index in [0.717, 1.165) is 42.9 Å². The van der Waals surface area contributed by atoms with Crippen molar-refractivity contribution in [2.45, 2.75) is 95.4 Å². The lowest BCUT2D eigenvalue weighted by atomic mass is 9.73. The van der Waals surface area contributed by atoms with Crippen LogP contribution >= 0.6 is 0 Å². The molecule has 0 radical (unpaired) electrons. The third kappa shape index (κ3) is 4.93. The molecule has 5 rings (SSSR count). The van der Waals surface area contributed by atoms with E-state index in [2.05, 4.69) is 26.1 Å². The van der Waals surface area contributed by atoms with Crippen LogP contribution in [0.1, 0.15) is 94.5 Å². The van der Waals surface area contributed by atoms with Gasteiger partial charge in [-0.05, 0) is 75.6 Å². The lowest BCUT2D eigenvalue weighted by molar-refractivity contribution is -0.137. The SMILES string of the molecule is CC(C)(C)n1ccc([C@H]2C[C@@H](C(=O)N3CCC4(CCCCC4)C3)N[C@H]2c2ccc(C(F)(F)F)cc2)n1. The molecule has 1 aromatic carbocycles. The number of rotatable bonds is 3. The topological polar surface area (TPSA) is 50.2 Å². The molecule has 1 N–H and O–H groups in total. The second-order valence-electron chi connectivity index (χ2n) is 12.1. The fraction of sp³-hybridized carbons (Fsp3) is 0.643. The number of aromatic nitrogens is 2. The van der Waals surface area contributed by atoms with Crippen LogP contribution in [0.2, 0.25) is 0 Å². The Labute approximate surface area is 211 Å². The van der Waals surface area contributed by atoms with Crippen molar-refractivity contribution >= 4 is 5.91 Å². The molecule has 3 aliphatic rings. The number of hydrogen-bond donors (Lipinski definition) is 1. The minimum absolute atomic E-state index is 0.106. The monoisotopic (exact) mass is 502 g/mol. The van der Waals surface area contributed by atoms with Crippen LogP contribution in [0.3, 0.4) is 0 Å². The molecule has 2 aliphatic heterocycles. The average molecular weight is 503 g/mol. The van der Waals surface area contributed by atoms with E-state index < -0.39 is 11.7 Å². The van der Waals surface area contributed by atoms with E-state index in [-0.39, 0.29) is 34.9 Å². The number of nitrogens with zero attached hydrogens (tertiary/aromatic N) is 3. The maximum atomic E-state index is 13.7. The molecule has 1 aromatic heterocycles. The van der Waals surface area contributed by atoms with E-state index in [1.54, 1.807) is 0 Å². The Bertz CT molecular complexity index is 1080. The van der Waals surface area contributed by atoms with Gasteiger partial charge in [0.1, 0.15) is 0 Å². The molecule has 1 spiro atoms. The molecule has 3 atom stereocenters. The molecule has 36 heavy (non-hydrogen) atoms. The molecule has 1 saturated carbocycles. The van der Waals surface area contributed by atoms with Crippen molar-refractivity contribution in [1.82, 2.24) is 20.0 Å². The summed E-state index contributed by atoms with van der Waals surface area (Å²) >= 11 is 0. The molecule has 2 saturated heterocycles. The molecule has 3 fully saturated rings. The van der Waals surface area contributed by atoms with Gasteiger partial charge >= 0.3 is 6.18 Å². The summed E-state index contributed by atoms with van der Waals surface area (Å²) in [6, 6.07) is 6.65. The highest BCUT2D eigenvalue weighted by Crippen LogP contribution is 2.45. The zero-order valence-corrected chi connectivity index (χ0v) is 21.4. The number of hydrogen-bond acceptors (Lipinski definition) is 3. The second-order valence-corrected chi connectivity index (χ2v) is 12.1. The number of nitrogens with one attached hydrogen (secondary N) is 1. The molecule has 8 heteroatoms. The van der Waals surface area contributed by atoms with Crippen LogP contribution in [0, 0.1) is 5.41 Å². The molecule has 0 bridgehead atoms. The Morgan fingerprint density at radius 1 is 1.03 bits per heavy atom. The van der Waals surface area contributed by atoms with Crippen molar-refractivity contribution in [3.8, 4) is 0 Å². The highest BCUT2D eigenvalue weighted by atomic mass is 19.4. The van der Waals surface area contributed by atoms with E-state index in [4.69, 9.17) is 5.10 Å². The molecular formula is C28H37F3N4O. The maximum Gasteiger partial charge on any atom is 0.416 e. The van der Waals surface area contributed by atoms with E-state index in [9.17, 15) is 18.0 Å². The number of halogens is 3. The van der Waals surface area contributed by atoms with Crippen LogP contribution in [0.15, 0.2) is 36.5 Å². The van der Waals surface area contributed by atoms with Crippen molar-refractivity contribution in [3.63, 3.8) is 0 Å². The van der Waals surface area contributed by atoms with Crippen LogP contribution in [0.5, 0.6) is 0 Å². The lowest BCUT2D eigenvalue weighted by Gasteiger charge is -2.33.